The first-order chi connectivity index (χ1) is 15.1. The third-order valence-corrected chi connectivity index (χ3v) is 7.39. The van der Waals surface area contributed by atoms with Crippen molar-refractivity contribution in [3.8, 4) is 0 Å². The average molecular weight is 479 g/mol. The minimum absolute atomic E-state index is 0.0126. The number of halogens is 4. The molecular weight excluding hydrogens is 466 g/mol. The maximum absolute atomic E-state index is 13.9. The molecule has 3 aromatic rings. The van der Waals surface area contributed by atoms with Gasteiger partial charge in [-0.25, -0.2) is 26.0 Å². The highest BCUT2D eigenvalue weighted by molar-refractivity contribution is 8.04. The second-order valence-corrected chi connectivity index (χ2v) is 9.92. The molecule has 1 N–H and O–H groups in total. The largest absolute Gasteiger partial charge is 0.320 e. The quantitative estimate of drug-likeness (QED) is 0.407. The molecule has 1 heterocycles. The average Bonchev–Trinajstić information content (AvgIpc) is 2.73. The van der Waals surface area contributed by atoms with E-state index in [1.807, 2.05) is 0 Å². The van der Waals surface area contributed by atoms with E-state index in [2.05, 4.69) is 5.32 Å². The first kappa shape index (κ1) is 22.1. The number of thioether (sulfide) groups is 1. The molecule has 0 bridgehead atoms. The summed E-state index contributed by atoms with van der Waals surface area (Å²) in [6.07, 6.45) is 1.25. The summed E-state index contributed by atoms with van der Waals surface area (Å²) in [7, 11) is -4.12. The Morgan fingerprint density at radius 3 is 2.31 bits per heavy atom. The lowest BCUT2D eigenvalue weighted by atomic mass is 10.2. The van der Waals surface area contributed by atoms with Crippen LogP contribution in [0, 0.1) is 23.3 Å². The monoisotopic (exact) mass is 479 g/mol. The van der Waals surface area contributed by atoms with Crippen molar-refractivity contribution in [1.29, 1.82) is 0 Å². The predicted molar refractivity (Wildman–Crippen MR) is 113 cm³/mol. The van der Waals surface area contributed by atoms with Crippen LogP contribution in [0.4, 0.5) is 23.2 Å². The van der Waals surface area contributed by atoms with Gasteiger partial charge in [0.05, 0.1) is 21.2 Å². The lowest BCUT2D eigenvalue weighted by Gasteiger charge is -2.19. The SMILES string of the molecule is O=C1Nc2cc(S(=O)(=O)Cc3c(F)cccc3F)ccc2SC1=Cc1ccc(F)cc1F. The summed E-state index contributed by atoms with van der Waals surface area (Å²) < 4.78 is 80.1. The molecule has 4 rings (SSSR count). The number of hydrogen-bond acceptors (Lipinski definition) is 4. The van der Waals surface area contributed by atoms with Crippen LogP contribution in [0.3, 0.4) is 0 Å². The maximum atomic E-state index is 13.9. The molecule has 0 saturated carbocycles. The molecule has 1 aliphatic rings. The second kappa shape index (κ2) is 8.44. The van der Waals surface area contributed by atoms with Gasteiger partial charge >= 0.3 is 0 Å². The van der Waals surface area contributed by atoms with Gasteiger partial charge in [0.2, 0.25) is 0 Å². The summed E-state index contributed by atoms with van der Waals surface area (Å²) in [5.74, 6) is -5.03. The van der Waals surface area contributed by atoms with Gasteiger partial charge in [0, 0.05) is 22.1 Å². The zero-order valence-electron chi connectivity index (χ0n) is 16.0. The topological polar surface area (TPSA) is 63.2 Å². The molecule has 4 nitrogen and oxygen atoms in total. The predicted octanol–water partition coefficient (Wildman–Crippen LogP) is 5.30. The fourth-order valence-electron chi connectivity index (χ4n) is 3.04. The van der Waals surface area contributed by atoms with Crippen molar-refractivity contribution in [3.05, 3.63) is 93.9 Å². The van der Waals surface area contributed by atoms with Crippen LogP contribution >= 0.6 is 11.8 Å². The number of fused-ring (bicyclic) bond motifs is 1. The lowest BCUT2D eigenvalue weighted by molar-refractivity contribution is -0.112. The number of amides is 1. The molecule has 0 spiro atoms. The highest BCUT2D eigenvalue weighted by atomic mass is 32.2. The van der Waals surface area contributed by atoms with Crippen LogP contribution in [0.15, 0.2) is 69.3 Å². The smallest absolute Gasteiger partial charge is 0.262 e. The Hall–Kier alpha value is -3.11. The Morgan fingerprint density at radius 2 is 1.62 bits per heavy atom. The molecular formula is C22H13F4NO3S2. The van der Waals surface area contributed by atoms with E-state index in [9.17, 15) is 30.8 Å². The Kier molecular flexibility index (Phi) is 5.83. The standard InChI is InChI=1S/C22H13F4NO3S2/c23-13-5-4-12(18(26)9-13)8-21-22(28)27-19-10-14(6-7-20(19)31-21)32(29,30)11-15-16(24)2-1-3-17(15)25/h1-10H,11H2,(H,27,28). The van der Waals surface area contributed by atoms with E-state index in [0.717, 1.165) is 36.0 Å². The third kappa shape index (κ3) is 4.42. The first-order valence-electron chi connectivity index (χ1n) is 9.10. The zero-order valence-corrected chi connectivity index (χ0v) is 17.7. The van der Waals surface area contributed by atoms with E-state index in [1.54, 1.807) is 0 Å². The van der Waals surface area contributed by atoms with Crippen molar-refractivity contribution < 1.29 is 30.8 Å². The number of carbonyl (C=O) groups excluding carboxylic acids is 1. The third-order valence-electron chi connectivity index (χ3n) is 4.65. The van der Waals surface area contributed by atoms with Gasteiger partial charge in [0.1, 0.15) is 23.3 Å². The number of rotatable bonds is 4. The minimum Gasteiger partial charge on any atom is -0.320 e. The van der Waals surface area contributed by atoms with E-state index in [-0.39, 0.29) is 21.1 Å². The zero-order chi connectivity index (χ0) is 23.0. The van der Waals surface area contributed by atoms with Crippen LogP contribution in [0.2, 0.25) is 0 Å². The molecule has 10 heteroatoms. The Balaban J connectivity index is 1.63. The van der Waals surface area contributed by atoms with Crippen LogP contribution in [0.5, 0.6) is 0 Å². The molecule has 1 amide bonds. The Labute approximate surface area is 184 Å². The van der Waals surface area contributed by atoms with E-state index >= 15 is 0 Å². The van der Waals surface area contributed by atoms with Gasteiger partial charge in [0.25, 0.3) is 5.91 Å². The molecule has 0 fully saturated rings. The van der Waals surface area contributed by atoms with Crippen molar-refractivity contribution in [2.75, 3.05) is 5.32 Å². The molecule has 0 atom stereocenters. The molecule has 1 aliphatic heterocycles. The molecule has 0 unspecified atom stereocenters. The number of benzene rings is 3. The Morgan fingerprint density at radius 1 is 0.906 bits per heavy atom. The fraction of sp³-hybridized carbons (Fsp3) is 0.0455. The summed E-state index contributed by atoms with van der Waals surface area (Å²) in [4.78, 5) is 12.8. The van der Waals surface area contributed by atoms with Gasteiger partial charge in [-0.2, -0.15) is 0 Å². The van der Waals surface area contributed by atoms with Crippen molar-refractivity contribution in [3.63, 3.8) is 0 Å². The molecule has 0 saturated heterocycles. The number of nitrogens with one attached hydrogen (secondary N) is 1. The van der Waals surface area contributed by atoms with Crippen LogP contribution in [-0.2, 0) is 20.4 Å². The number of hydrogen-bond donors (Lipinski definition) is 1. The van der Waals surface area contributed by atoms with E-state index in [4.69, 9.17) is 0 Å². The molecule has 0 aliphatic carbocycles. The highest BCUT2D eigenvalue weighted by Gasteiger charge is 2.26. The van der Waals surface area contributed by atoms with E-state index in [0.29, 0.717) is 11.0 Å². The number of sulfone groups is 1. The minimum atomic E-state index is -4.12. The summed E-state index contributed by atoms with van der Waals surface area (Å²) in [6, 6.07) is 9.90. The van der Waals surface area contributed by atoms with Gasteiger partial charge < -0.3 is 5.32 Å². The number of carbonyl (C=O) groups is 1. The van der Waals surface area contributed by atoms with Crippen molar-refractivity contribution in [1.82, 2.24) is 0 Å². The molecule has 0 aromatic heterocycles. The van der Waals surface area contributed by atoms with Crippen LogP contribution in [0.25, 0.3) is 6.08 Å². The van der Waals surface area contributed by atoms with Gasteiger partial charge in [-0.1, -0.05) is 17.8 Å². The van der Waals surface area contributed by atoms with Gasteiger partial charge in [-0.3, -0.25) is 4.79 Å². The Bertz CT molecular complexity index is 1370. The molecule has 3 aromatic carbocycles. The van der Waals surface area contributed by atoms with E-state index in [1.165, 1.54) is 30.3 Å². The van der Waals surface area contributed by atoms with Crippen molar-refractivity contribution >= 4 is 39.3 Å². The maximum Gasteiger partial charge on any atom is 0.262 e. The molecule has 32 heavy (non-hydrogen) atoms. The van der Waals surface area contributed by atoms with Crippen molar-refractivity contribution in [2.24, 2.45) is 0 Å². The van der Waals surface area contributed by atoms with Crippen LogP contribution in [0.1, 0.15) is 11.1 Å². The highest BCUT2D eigenvalue weighted by Crippen LogP contribution is 2.40. The summed E-state index contributed by atoms with van der Waals surface area (Å²) in [5, 5.41) is 2.52. The second-order valence-electron chi connectivity index (χ2n) is 6.85. The summed E-state index contributed by atoms with van der Waals surface area (Å²) in [5.41, 5.74) is -0.374. The van der Waals surface area contributed by atoms with Gasteiger partial charge in [-0.05, 0) is 48.5 Å². The first-order valence-corrected chi connectivity index (χ1v) is 11.6. The summed E-state index contributed by atoms with van der Waals surface area (Å²) >= 11 is 0.975. The number of anilines is 1. The summed E-state index contributed by atoms with van der Waals surface area (Å²) in [6.45, 7) is 0. The normalized spacial score (nSPS) is 14.9. The molecule has 164 valence electrons. The lowest BCUT2D eigenvalue weighted by Crippen LogP contribution is -2.18. The van der Waals surface area contributed by atoms with Crippen LogP contribution < -0.4 is 5.32 Å². The molecule has 0 radical (unpaired) electrons. The van der Waals surface area contributed by atoms with Gasteiger partial charge in [0.15, 0.2) is 9.84 Å². The van der Waals surface area contributed by atoms with E-state index < -0.39 is 50.3 Å². The van der Waals surface area contributed by atoms with Crippen molar-refractivity contribution in [2.45, 2.75) is 15.5 Å². The fourth-order valence-corrected chi connectivity index (χ4v) is 5.35. The van der Waals surface area contributed by atoms with Gasteiger partial charge in [-0.15, -0.1) is 0 Å². The van der Waals surface area contributed by atoms with Crippen LogP contribution in [-0.4, -0.2) is 14.3 Å².